The maximum Gasteiger partial charge on any atom is 0.416 e. The van der Waals surface area contributed by atoms with Crippen LogP contribution in [0.25, 0.3) is 0 Å². The molecule has 0 saturated heterocycles. The fraction of sp³-hybridized carbons (Fsp3) is 0.280. The molecule has 0 bridgehead atoms. The Hall–Kier alpha value is -3.75. The second kappa shape index (κ2) is 8.23. The summed E-state index contributed by atoms with van der Waals surface area (Å²) in [7, 11) is 0. The summed E-state index contributed by atoms with van der Waals surface area (Å²) >= 11 is 0. The minimum absolute atomic E-state index is 0.0132. The van der Waals surface area contributed by atoms with Crippen molar-refractivity contribution in [2.75, 3.05) is 12.1 Å². The normalized spacial score (nSPS) is 19.6. The van der Waals surface area contributed by atoms with E-state index in [0.717, 1.165) is 17.8 Å². The number of carbonyl (C=O) groups is 2. The Morgan fingerprint density at radius 1 is 1.09 bits per heavy atom. The number of hydrogen-bond acceptors (Lipinski definition) is 5. The van der Waals surface area contributed by atoms with Crippen LogP contribution in [0.15, 0.2) is 65.0 Å². The van der Waals surface area contributed by atoms with E-state index < -0.39 is 23.6 Å². The first kappa shape index (κ1) is 22.1. The van der Waals surface area contributed by atoms with Crippen molar-refractivity contribution in [2.24, 2.45) is 0 Å². The number of Topliss-reactive ketones (excluding diaryl/α,β-unsaturated/α-hetero) is 1. The lowest BCUT2D eigenvalue weighted by molar-refractivity contribution is -0.137. The zero-order chi connectivity index (χ0) is 24.0. The molecule has 1 aliphatic carbocycles. The molecule has 2 aromatic rings. The fourth-order valence-corrected chi connectivity index (χ4v) is 4.68. The molecular formula is C25H21F3N2O4. The molecule has 1 amide bonds. The average Bonchev–Trinajstić information content (AvgIpc) is 3.26. The summed E-state index contributed by atoms with van der Waals surface area (Å²) < 4.78 is 50.3. The number of alkyl halides is 3. The molecular weight excluding hydrogens is 449 g/mol. The minimum Gasteiger partial charge on any atom is -0.454 e. The van der Waals surface area contributed by atoms with Crippen LogP contribution in [0.1, 0.15) is 43.2 Å². The Morgan fingerprint density at radius 2 is 1.88 bits per heavy atom. The number of ketones is 1. The first-order valence-corrected chi connectivity index (χ1v) is 10.8. The summed E-state index contributed by atoms with van der Waals surface area (Å²) in [6.07, 6.45) is -2.80. The Balaban J connectivity index is 1.56. The average molecular weight is 470 g/mol. The Morgan fingerprint density at radius 3 is 2.68 bits per heavy atom. The van der Waals surface area contributed by atoms with Crippen LogP contribution in [0.4, 0.5) is 18.9 Å². The number of carbonyl (C=O) groups excluding carboxylic acids is 2. The number of halogens is 3. The van der Waals surface area contributed by atoms with Gasteiger partial charge < -0.3 is 20.1 Å². The number of ether oxygens (including phenoxy) is 2. The topological polar surface area (TPSA) is 76.7 Å². The molecule has 34 heavy (non-hydrogen) atoms. The maximum atomic E-state index is 13.5. The molecule has 0 unspecified atom stereocenters. The van der Waals surface area contributed by atoms with Crippen LogP contribution in [-0.2, 0) is 15.8 Å². The van der Waals surface area contributed by atoms with Crippen LogP contribution < -0.4 is 20.1 Å². The van der Waals surface area contributed by atoms with Crippen LogP contribution in [0.2, 0.25) is 0 Å². The van der Waals surface area contributed by atoms with Gasteiger partial charge in [0, 0.05) is 40.6 Å². The van der Waals surface area contributed by atoms with Crippen molar-refractivity contribution < 1.29 is 32.2 Å². The van der Waals surface area contributed by atoms with Crippen LogP contribution in [0.3, 0.4) is 0 Å². The third-order valence-electron chi connectivity index (χ3n) is 6.20. The Kier molecular flexibility index (Phi) is 5.34. The van der Waals surface area contributed by atoms with Gasteiger partial charge >= 0.3 is 6.18 Å². The van der Waals surface area contributed by atoms with Gasteiger partial charge in [0.1, 0.15) is 0 Å². The molecule has 0 aromatic heterocycles. The largest absolute Gasteiger partial charge is 0.454 e. The van der Waals surface area contributed by atoms with Gasteiger partial charge in [0.15, 0.2) is 17.3 Å². The zero-order valence-electron chi connectivity index (χ0n) is 18.2. The van der Waals surface area contributed by atoms with Gasteiger partial charge in [0.25, 0.3) is 5.91 Å². The standard InChI is InChI=1S/C25H21F3N2O4/c1-13-21(24(32)30-16-5-2-4-15(11-16)25(26,27)28)22(23-17(29-13)6-3-7-18(23)31)14-8-9-19-20(10-14)34-12-33-19/h2,4-5,8-11,22,29H,3,6-7,12H2,1H3,(H,30,32)/t22-/m0/s1. The lowest BCUT2D eigenvalue weighted by atomic mass is 9.75. The molecule has 2 aliphatic heterocycles. The Bertz CT molecular complexity index is 1260. The molecule has 0 saturated carbocycles. The minimum atomic E-state index is -4.54. The zero-order valence-corrected chi connectivity index (χ0v) is 18.2. The van der Waals surface area contributed by atoms with E-state index in [-0.39, 0.29) is 23.8 Å². The molecule has 3 aliphatic rings. The van der Waals surface area contributed by atoms with Gasteiger partial charge in [-0.05, 0) is 55.7 Å². The van der Waals surface area contributed by atoms with Gasteiger partial charge in [-0.25, -0.2) is 0 Å². The van der Waals surface area contributed by atoms with E-state index in [9.17, 15) is 22.8 Å². The molecule has 2 N–H and O–H groups in total. The predicted octanol–water partition coefficient (Wildman–Crippen LogP) is 5.04. The van der Waals surface area contributed by atoms with Crippen LogP contribution in [0.5, 0.6) is 11.5 Å². The summed E-state index contributed by atoms with van der Waals surface area (Å²) in [5.41, 5.74) is 1.90. The maximum absolute atomic E-state index is 13.5. The number of nitrogens with one attached hydrogen (secondary N) is 2. The number of dihydropyridines is 1. The van der Waals surface area contributed by atoms with E-state index in [1.54, 1.807) is 25.1 Å². The van der Waals surface area contributed by atoms with E-state index in [2.05, 4.69) is 10.6 Å². The molecule has 0 fully saturated rings. The highest BCUT2D eigenvalue weighted by molar-refractivity contribution is 6.09. The lowest BCUT2D eigenvalue weighted by Gasteiger charge is -2.34. The smallest absolute Gasteiger partial charge is 0.416 e. The predicted molar refractivity (Wildman–Crippen MR) is 117 cm³/mol. The van der Waals surface area contributed by atoms with E-state index >= 15 is 0 Å². The van der Waals surface area contributed by atoms with Gasteiger partial charge in [-0.15, -0.1) is 0 Å². The molecule has 6 nitrogen and oxygen atoms in total. The number of rotatable bonds is 3. The van der Waals surface area contributed by atoms with Crippen LogP contribution >= 0.6 is 0 Å². The van der Waals surface area contributed by atoms with Gasteiger partial charge in [0.05, 0.1) is 5.56 Å². The van der Waals surface area contributed by atoms with Gasteiger partial charge in [-0.1, -0.05) is 12.1 Å². The van der Waals surface area contributed by atoms with E-state index in [1.165, 1.54) is 12.1 Å². The number of amides is 1. The first-order valence-electron chi connectivity index (χ1n) is 10.8. The fourth-order valence-electron chi connectivity index (χ4n) is 4.68. The van der Waals surface area contributed by atoms with Crippen molar-refractivity contribution >= 4 is 17.4 Å². The quantitative estimate of drug-likeness (QED) is 0.657. The summed E-state index contributed by atoms with van der Waals surface area (Å²) in [6, 6.07) is 9.71. The second-order valence-corrected chi connectivity index (χ2v) is 8.41. The second-order valence-electron chi connectivity index (χ2n) is 8.41. The first-order chi connectivity index (χ1) is 16.2. The van der Waals surface area contributed by atoms with Crippen LogP contribution in [-0.4, -0.2) is 18.5 Å². The monoisotopic (exact) mass is 470 g/mol. The number of benzene rings is 2. The molecule has 2 aromatic carbocycles. The van der Waals surface area contributed by atoms with Crippen molar-refractivity contribution in [3.05, 3.63) is 76.1 Å². The van der Waals surface area contributed by atoms with Crippen molar-refractivity contribution in [1.29, 1.82) is 0 Å². The van der Waals surface area contributed by atoms with Gasteiger partial charge in [-0.3, -0.25) is 9.59 Å². The van der Waals surface area contributed by atoms with Crippen LogP contribution in [0, 0.1) is 0 Å². The highest BCUT2D eigenvalue weighted by Gasteiger charge is 2.39. The van der Waals surface area contributed by atoms with E-state index in [0.29, 0.717) is 47.6 Å². The van der Waals surface area contributed by atoms with Gasteiger partial charge in [-0.2, -0.15) is 13.2 Å². The number of allylic oxidation sites excluding steroid dienone is 3. The highest BCUT2D eigenvalue weighted by atomic mass is 19.4. The Labute approximate surface area is 193 Å². The highest BCUT2D eigenvalue weighted by Crippen LogP contribution is 2.45. The van der Waals surface area contributed by atoms with Crippen molar-refractivity contribution in [3.8, 4) is 11.5 Å². The molecule has 0 spiro atoms. The molecule has 2 heterocycles. The lowest BCUT2D eigenvalue weighted by Crippen LogP contribution is -2.35. The summed E-state index contributed by atoms with van der Waals surface area (Å²) in [5, 5.41) is 5.79. The summed E-state index contributed by atoms with van der Waals surface area (Å²) in [5.74, 6) is -0.260. The number of fused-ring (bicyclic) bond motifs is 1. The molecule has 0 radical (unpaired) electrons. The van der Waals surface area contributed by atoms with Gasteiger partial charge in [0.2, 0.25) is 6.79 Å². The number of anilines is 1. The summed E-state index contributed by atoms with van der Waals surface area (Å²) in [4.78, 5) is 26.5. The summed E-state index contributed by atoms with van der Waals surface area (Å²) in [6.45, 7) is 1.81. The van der Waals surface area contributed by atoms with Crippen molar-refractivity contribution in [3.63, 3.8) is 0 Å². The third-order valence-corrected chi connectivity index (χ3v) is 6.20. The molecule has 5 rings (SSSR count). The molecule has 176 valence electrons. The van der Waals surface area contributed by atoms with Crippen molar-refractivity contribution in [2.45, 2.75) is 38.3 Å². The molecule has 9 heteroatoms. The third kappa shape index (κ3) is 3.91. The van der Waals surface area contributed by atoms with E-state index in [1.807, 2.05) is 0 Å². The van der Waals surface area contributed by atoms with E-state index in [4.69, 9.17) is 9.47 Å². The van der Waals surface area contributed by atoms with Crippen molar-refractivity contribution in [1.82, 2.24) is 5.32 Å². The molecule has 1 atom stereocenters. The SMILES string of the molecule is CC1=C(C(=O)Nc2cccc(C(F)(F)F)c2)[C@H](c2ccc3c(c2)OCO3)C2=C(CCCC2=O)N1. The number of hydrogen-bond donors (Lipinski definition) is 2.